The minimum absolute atomic E-state index is 0.451. The maximum absolute atomic E-state index is 6.05. The summed E-state index contributed by atoms with van der Waals surface area (Å²) >= 11 is 19.4. The smallest absolute Gasteiger partial charge is 0.0898 e. The third-order valence-electron chi connectivity index (χ3n) is 2.14. The zero-order valence-corrected chi connectivity index (χ0v) is 12.0. The van der Waals surface area contributed by atoms with Crippen molar-refractivity contribution >= 4 is 51.8 Å². The fourth-order valence-electron chi connectivity index (χ4n) is 1.33. The summed E-state index contributed by atoms with van der Waals surface area (Å²) in [5.41, 5.74) is 1.74. The highest BCUT2D eigenvalue weighted by Gasteiger charge is 2.06. The molecule has 6 heteroatoms. The Bertz CT molecular complexity index is 540. The molecular weight excluding hydrogens is 299 g/mol. The summed E-state index contributed by atoms with van der Waals surface area (Å²) in [4.78, 5) is 4.35. The van der Waals surface area contributed by atoms with Crippen molar-refractivity contribution < 1.29 is 0 Å². The highest BCUT2D eigenvalue weighted by Crippen LogP contribution is 2.32. The van der Waals surface area contributed by atoms with E-state index in [2.05, 4.69) is 10.3 Å². The number of nitrogens with one attached hydrogen (secondary N) is 1. The summed E-state index contributed by atoms with van der Waals surface area (Å²) in [7, 11) is 0. The normalized spacial score (nSPS) is 10.6. The van der Waals surface area contributed by atoms with E-state index in [1.54, 1.807) is 23.5 Å². The van der Waals surface area contributed by atoms with Gasteiger partial charge in [0.25, 0.3) is 0 Å². The number of hydrogen-bond acceptors (Lipinski definition) is 3. The van der Waals surface area contributed by atoms with Crippen LogP contribution < -0.4 is 5.32 Å². The summed E-state index contributed by atoms with van der Waals surface area (Å²) in [6, 6.07) is 3.34. The Labute approximate surface area is 119 Å². The molecule has 0 fully saturated rings. The number of aromatic nitrogens is 1. The predicted molar refractivity (Wildman–Crippen MR) is 75.6 cm³/mol. The minimum atomic E-state index is 0.451. The van der Waals surface area contributed by atoms with Crippen LogP contribution in [-0.4, -0.2) is 4.98 Å². The van der Waals surface area contributed by atoms with E-state index in [-0.39, 0.29) is 0 Å². The number of anilines is 1. The van der Waals surface area contributed by atoms with Gasteiger partial charge in [-0.2, -0.15) is 0 Å². The Kier molecular flexibility index (Phi) is 4.15. The molecule has 0 unspecified atom stereocenters. The van der Waals surface area contributed by atoms with Crippen LogP contribution in [-0.2, 0) is 6.54 Å². The lowest BCUT2D eigenvalue weighted by molar-refractivity contribution is 1.05. The molecule has 1 heterocycles. The van der Waals surface area contributed by atoms with Gasteiger partial charge in [-0.25, -0.2) is 4.98 Å². The molecule has 0 radical (unpaired) electrons. The van der Waals surface area contributed by atoms with Gasteiger partial charge in [0.1, 0.15) is 0 Å². The highest BCUT2D eigenvalue weighted by atomic mass is 35.5. The Morgan fingerprint density at radius 1 is 1.18 bits per heavy atom. The lowest BCUT2D eigenvalue weighted by Gasteiger charge is -2.08. The van der Waals surface area contributed by atoms with Gasteiger partial charge in [0.05, 0.1) is 38.0 Å². The molecule has 17 heavy (non-hydrogen) atoms. The van der Waals surface area contributed by atoms with E-state index in [1.807, 2.05) is 12.3 Å². The number of rotatable bonds is 3. The van der Waals surface area contributed by atoms with Crippen LogP contribution in [0.3, 0.4) is 0 Å². The van der Waals surface area contributed by atoms with Crippen molar-refractivity contribution in [2.24, 2.45) is 0 Å². The summed E-state index contributed by atoms with van der Waals surface area (Å²) < 4.78 is 0. The van der Waals surface area contributed by atoms with Gasteiger partial charge in [-0.1, -0.05) is 34.8 Å². The fourth-order valence-corrected chi connectivity index (χ4v) is 2.56. The maximum Gasteiger partial charge on any atom is 0.0898 e. The summed E-state index contributed by atoms with van der Waals surface area (Å²) in [6.07, 6.45) is 0. The summed E-state index contributed by atoms with van der Waals surface area (Å²) in [6.45, 7) is 2.59. The SMILES string of the molecule is Cc1nc(CNc2cc(Cl)c(Cl)cc2Cl)cs1. The van der Waals surface area contributed by atoms with Gasteiger partial charge in [0.2, 0.25) is 0 Å². The second-order valence-electron chi connectivity index (χ2n) is 3.46. The number of benzene rings is 1. The molecule has 0 aliphatic heterocycles. The van der Waals surface area contributed by atoms with Gasteiger partial charge in [-0.3, -0.25) is 0 Å². The van der Waals surface area contributed by atoms with E-state index in [0.717, 1.165) is 16.4 Å². The molecule has 1 aromatic carbocycles. The van der Waals surface area contributed by atoms with Crippen molar-refractivity contribution in [3.8, 4) is 0 Å². The van der Waals surface area contributed by atoms with Crippen molar-refractivity contribution in [1.29, 1.82) is 0 Å². The van der Waals surface area contributed by atoms with Gasteiger partial charge >= 0.3 is 0 Å². The van der Waals surface area contributed by atoms with Crippen LogP contribution in [0.1, 0.15) is 10.7 Å². The number of aryl methyl sites for hydroxylation is 1. The second kappa shape index (κ2) is 5.44. The lowest BCUT2D eigenvalue weighted by atomic mass is 10.3. The molecule has 2 rings (SSSR count). The topological polar surface area (TPSA) is 24.9 Å². The van der Waals surface area contributed by atoms with E-state index in [4.69, 9.17) is 34.8 Å². The third kappa shape index (κ3) is 3.26. The van der Waals surface area contributed by atoms with Gasteiger partial charge in [0, 0.05) is 5.38 Å². The van der Waals surface area contributed by atoms with E-state index < -0.39 is 0 Å². The average Bonchev–Trinajstić information content (AvgIpc) is 2.68. The molecule has 90 valence electrons. The molecule has 0 spiro atoms. The standard InChI is InChI=1S/C11H9Cl3N2S/c1-6-16-7(5-17-6)4-15-11-3-9(13)8(12)2-10(11)14/h2-3,5,15H,4H2,1H3. The minimum Gasteiger partial charge on any atom is -0.378 e. The van der Waals surface area contributed by atoms with Gasteiger partial charge in [0.15, 0.2) is 0 Å². The molecule has 1 N–H and O–H groups in total. The lowest BCUT2D eigenvalue weighted by Crippen LogP contribution is -2.00. The predicted octanol–water partition coefficient (Wildman–Crippen LogP) is 5.02. The van der Waals surface area contributed by atoms with Crippen molar-refractivity contribution in [3.63, 3.8) is 0 Å². The van der Waals surface area contributed by atoms with Gasteiger partial charge in [-0.15, -0.1) is 11.3 Å². The van der Waals surface area contributed by atoms with E-state index in [1.165, 1.54) is 0 Å². The first-order chi connectivity index (χ1) is 8.06. The zero-order valence-electron chi connectivity index (χ0n) is 8.93. The van der Waals surface area contributed by atoms with Crippen molar-refractivity contribution in [2.75, 3.05) is 5.32 Å². The van der Waals surface area contributed by atoms with Crippen LogP contribution in [0.25, 0.3) is 0 Å². The maximum atomic E-state index is 6.05. The molecule has 0 aliphatic rings. The van der Waals surface area contributed by atoms with E-state index in [9.17, 15) is 0 Å². The Morgan fingerprint density at radius 2 is 1.88 bits per heavy atom. The quantitative estimate of drug-likeness (QED) is 0.805. The first-order valence-electron chi connectivity index (χ1n) is 4.85. The van der Waals surface area contributed by atoms with Crippen LogP contribution >= 0.6 is 46.1 Å². The molecule has 0 bridgehead atoms. The monoisotopic (exact) mass is 306 g/mol. The van der Waals surface area contributed by atoms with Crippen LogP contribution in [0.4, 0.5) is 5.69 Å². The molecule has 0 amide bonds. The van der Waals surface area contributed by atoms with Crippen molar-refractivity contribution in [2.45, 2.75) is 13.5 Å². The van der Waals surface area contributed by atoms with E-state index in [0.29, 0.717) is 21.6 Å². The largest absolute Gasteiger partial charge is 0.378 e. The Morgan fingerprint density at radius 3 is 2.53 bits per heavy atom. The first-order valence-corrected chi connectivity index (χ1v) is 6.87. The zero-order chi connectivity index (χ0) is 12.4. The molecule has 0 aliphatic carbocycles. The molecule has 0 saturated carbocycles. The van der Waals surface area contributed by atoms with Crippen molar-refractivity contribution in [3.05, 3.63) is 43.3 Å². The van der Waals surface area contributed by atoms with Crippen LogP contribution in [0.2, 0.25) is 15.1 Å². The van der Waals surface area contributed by atoms with Crippen LogP contribution in [0, 0.1) is 6.92 Å². The Hall–Kier alpha value is -0.480. The van der Waals surface area contributed by atoms with Crippen molar-refractivity contribution in [1.82, 2.24) is 4.98 Å². The molecule has 2 nitrogen and oxygen atoms in total. The average molecular weight is 308 g/mol. The van der Waals surface area contributed by atoms with Crippen LogP contribution in [0.15, 0.2) is 17.5 Å². The summed E-state index contributed by atoms with van der Waals surface area (Å²) in [5, 5.41) is 7.71. The highest BCUT2D eigenvalue weighted by molar-refractivity contribution is 7.09. The Balaban J connectivity index is 2.11. The molecule has 0 atom stereocenters. The number of nitrogens with zero attached hydrogens (tertiary/aromatic N) is 1. The van der Waals surface area contributed by atoms with Gasteiger partial charge in [-0.05, 0) is 19.1 Å². The molecule has 2 aromatic rings. The molecule has 1 aromatic heterocycles. The number of hydrogen-bond donors (Lipinski definition) is 1. The first kappa shape index (κ1) is 13.0. The van der Waals surface area contributed by atoms with E-state index >= 15 is 0 Å². The number of halogens is 3. The summed E-state index contributed by atoms with van der Waals surface area (Å²) in [5.74, 6) is 0. The fraction of sp³-hybridized carbons (Fsp3) is 0.182. The molecule has 0 saturated heterocycles. The third-order valence-corrected chi connectivity index (χ3v) is 3.99. The van der Waals surface area contributed by atoms with Gasteiger partial charge < -0.3 is 5.32 Å². The second-order valence-corrected chi connectivity index (χ2v) is 5.74. The molecular formula is C11H9Cl3N2S. The van der Waals surface area contributed by atoms with Crippen LogP contribution in [0.5, 0.6) is 0 Å². The number of thiazole rings is 1.